The van der Waals surface area contributed by atoms with Crippen molar-refractivity contribution in [2.45, 2.75) is 84.7 Å². The smallest absolute Gasteiger partial charge is 0.460 e. The summed E-state index contributed by atoms with van der Waals surface area (Å²) in [5, 5.41) is 2.56. The molecule has 0 rings (SSSR count). The minimum Gasteiger partial charge on any atom is -0.460 e. The van der Waals surface area contributed by atoms with Crippen molar-refractivity contribution >= 4 is 52.6 Å². The fourth-order valence-corrected chi connectivity index (χ4v) is 17.4. The van der Waals surface area contributed by atoms with Gasteiger partial charge in [0.15, 0.2) is 25.0 Å². The SMILES string of the molecule is C=C(C)C(=O)OCCNC(=O)OCCCC[Si](O[Si](C)(C)C)(O[Si](C)(C)C)O[Si](C)(C)C.C=O. The van der Waals surface area contributed by atoms with Crippen LogP contribution in [0.3, 0.4) is 0 Å². The number of unbranched alkanes of at least 4 members (excludes halogenated alkanes) is 1. The first kappa shape index (κ1) is 35.1. The molecule has 0 heterocycles. The molecule has 0 aromatic carbocycles. The number of carbonyl (C=O) groups is 3. The Kier molecular flexibility index (Phi) is 16.3. The van der Waals surface area contributed by atoms with Crippen molar-refractivity contribution in [2.75, 3.05) is 19.8 Å². The van der Waals surface area contributed by atoms with Crippen molar-refractivity contribution in [3.05, 3.63) is 12.2 Å². The molecule has 9 nitrogen and oxygen atoms in total. The zero-order chi connectivity index (χ0) is 27.2. The lowest BCUT2D eigenvalue weighted by Crippen LogP contribution is -2.60. The van der Waals surface area contributed by atoms with Gasteiger partial charge in [-0.15, -0.1) is 0 Å². The topological polar surface area (TPSA) is 109 Å². The molecule has 0 spiro atoms. The van der Waals surface area contributed by atoms with E-state index in [0.29, 0.717) is 18.0 Å². The average molecular weight is 554 g/mol. The Morgan fingerprint density at radius 2 is 1.18 bits per heavy atom. The number of nitrogens with one attached hydrogen (secondary N) is 1. The molecule has 200 valence electrons. The summed E-state index contributed by atoms with van der Waals surface area (Å²) in [4.78, 5) is 31.1. The molecule has 0 bridgehead atoms. The Morgan fingerprint density at radius 3 is 1.56 bits per heavy atom. The maximum Gasteiger partial charge on any atom is 0.469 e. The van der Waals surface area contributed by atoms with Gasteiger partial charge in [0.1, 0.15) is 13.4 Å². The van der Waals surface area contributed by atoms with E-state index in [9.17, 15) is 9.59 Å². The Morgan fingerprint density at radius 1 is 0.735 bits per heavy atom. The maximum atomic E-state index is 11.8. The standard InChI is InChI=1S/C20H45NO7Si4.CH2O/c1-18(2)19(22)24-16-14-21-20(23)25-15-12-13-17-32(26-29(3,4)5,27-30(6,7)8)28-31(9,10)11;1-2/h1,12-17H2,2-11H3,(H,21,23);1H2. The van der Waals surface area contributed by atoms with E-state index in [2.05, 4.69) is 70.8 Å². The summed E-state index contributed by atoms with van der Waals surface area (Å²) in [7, 11) is -8.53. The summed E-state index contributed by atoms with van der Waals surface area (Å²) in [5.41, 5.74) is 0.321. The number of rotatable bonds is 15. The summed E-state index contributed by atoms with van der Waals surface area (Å²) >= 11 is 0. The molecule has 0 aliphatic carbocycles. The van der Waals surface area contributed by atoms with Crippen molar-refractivity contribution < 1.29 is 36.2 Å². The van der Waals surface area contributed by atoms with Gasteiger partial charge in [-0.2, -0.15) is 0 Å². The highest BCUT2D eigenvalue weighted by atomic mass is 28.5. The number of carbonyl (C=O) groups excluding carboxylic acids is 3. The highest BCUT2D eigenvalue weighted by Gasteiger charge is 2.49. The Balaban J connectivity index is 0. The molecule has 0 radical (unpaired) electrons. The van der Waals surface area contributed by atoms with Crippen LogP contribution < -0.4 is 5.32 Å². The van der Waals surface area contributed by atoms with Gasteiger partial charge < -0.3 is 31.9 Å². The molecule has 0 saturated heterocycles. The Labute approximate surface area is 210 Å². The molecule has 0 saturated carbocycles. The molecule has 0 atom stereocenters. The second-order valence-electron chi connectivity index (χ2n) is 10.8. The molecule has 1 amide bonds. The van der Waals surface area contributed by atoms with Crippen LogP contribution >= 0.6 is 0 Å². The molecular formula is C21H47NO8Si4. The third-order valence-corrected chi connectivity index (χ3v) is 15.5. The molecule has 13 heteroatoms. The molecule has 0 unspecified atom stereocenters. The zero-order valence-corrected chi connectivity index (χ0v) is 26.9. The first-order valence-corrected chi connectivity index (χ1v) is 23.6. The van der Waals surface area contributed by atoms with Crippen molar-refractivity contribution in [2.24, 2.45) is 0 Å². The zero-order valence-electron chi connectivity index (χ0n) is 22.9. The van der Waals surface area contributed by atoms with E-state index in [1.54, 1.807) is 6.92 Å². The van der Waals surface area contributed by atoms with Crippen LogP contribution in [0.15, 0.2) is 12.2 Å². The van der Waals surface area contributed by atoms with Crippen LogP contribution in [-0.4, -0.2) is 72.4 Å². The lowest BCUT2D eigenvalue weighted by atomic mass is 10.4. The number of alkyl carbamates (subject to hydrolysis) is 1. The first-order valence-electron chi connectivity index (χ1n) is 11.5. The number of amides is 1. The van der Waals surface area contributed by atoms with Crippen LogP contribution in [0.25, 0.3) is 0 Å². The third kappa shape index (κ3) is 20.3. The van der Waals surface area contributed by atoms with Gasteiger partial charge >= 0.3 is 20.9 Å². The molecule has 0 aromatic rings. The Hall–Kier alpha value is -1.10. The molecule has 0 fully saturated rings. The second kappa shape index (κ2) is 15.8. The summed E-state index contributed by atoms with van der Waals surface area (Å²) in [6.45, 7) is 27.1. The van der Waals surface area contributed by atoms with E-state index in [1.165, 1.54) is 0 Å². The van der Waals surface area contributed by atoms with Gasteiger partial charge in [-0.1, -0.05) is 6.58 Å². The van der Waals surface area contributed by atoms with E-state index < -0.39 is 45.8 Å². The summed E-state index contributed by atoms with van der Waals surface area (Å²) in [6, 6.07) is 0.716. The first-order chi connectivity index (χ1) is 15.3. The van der Waals surface area contributed by atoms with Crippen LogP contribution in [-0.2, 0) is 31.4 Å². The monoisotopic (exact) mass is 553 g/mol. The highest BCUT2D eigenvalue weighted by molar-refractivity contribution is 6.90. The van der Waals surface area contributed by atoms with Gasteiger partial charge in [-0.3, -0.25) is 0 Å². The van der Waals surface area contributed by atoms with E-state index >= 15 is 0 Å². The predicted molar refractivity (Wildman–Crippen MR) is 145 cm³/mol. The lowest BCUT2D eigenvalue weighted by Gasteiger charge is -2.43. The third-order valence-electron chi connectivity index (χ3n) is 3.45. The molecule has 0 aliphatic rings. The molecule has 34 heavy (non-hydrogen) atoms. The van der Waals surface area contributed by atoms with Gasteiger partial charge in [0.25, 0.3) is 0 Å². The molecule has 1 N–H and O–H groups in total. The minimum atomic E-state index is -2.85. The quantitative estimate of drug-likeness (QED) is 0.132. The van der Waals surface area contributed by atoms with Gasteiger partial charge in [0.2, 0.25) is 0 Å². The van der Waals surface area contributed by atoms with E-state index in [0.717, 1.165) is 6.42 Å². The molecule has 0 aromatic heterocycles. The highest BCUT2D eigenvalue weighted by Crippen LogP contribution is 2.30. The van der Waals surface area contributed by atoms with Gasteiger partial charge in [0, 0.05) is 11.6 Å². The van der Waals surface area contributed by atoms with Gasteiger partial charge in [0.05, 0.1) is 13.2 Å². The van der Waals surface area contributed by atoms with Crippen molar-refractivity contribution in [3.63, 3.8) is 0 Å². The fraction of sp³-hybridized carbons (Fsp3) is 0.762. The van der Waals surface area contributed by atoms with Gasteiger partial charge in [-0.05, 0) is 78.7 Å². The van der Waals surface area contributed by atoms with Crippen molar-refractivity contribution in [3.8, 4) is 0 Å². The maximum absolute atomic E-state index is 11.8. The van der Waals surface area contributed by atoms with Crippen LogP contribution in [0.5, 0.6) is 0 Å². The number of esters is 1. The van der Waals surface area contributed by atoms with Crippen LogP contribution in [0.2, 0.25) is 65.0 Å². The normalized spacial score (nSPS) is 12.3. The Bertz CT molecular complexity index is 601. The average Bonchev–Trinajstić information content (AvgIpc) is 2.61. The number of hydrogen-bond donors (Lipinski definition) is 1. The van der Waals surface area contributed by atoms with Crippen molar-refractivity contribution in [1.29, 1.82) is 0 Å². The van der Waals surface area contributed by atoms with E-state index in [-0.39, 0.29) is 19.8 Å². The summed E-state index contributed by atoms with van der Waals surface area (Å²) in [6.07, 6.45) is 0.941. The van der Waals surface area contributed by atoms with Crippen molar-refractivity contribution in [1.82, 2.24) is 5.32 Å². The number of ether oxygens (including phenoxy) is 2. The van der Waals surface area contributed by atoms with Gasteiger partial charge in [-0.25, -0.2) is 9.59 Å². The van der Waals surface area contributed by atoms with Crippen LogP contribution in [0, 0.1) is 0 Å². The second-order valence-corrected chi connectivity index (χ2v) is 27.8. The van der Waals surface area contributed by atoms with Crippen LogP contribution in [0.1, 0.15) is 19.8 Å². The predicted octanol–water partition coefficient (Wildman–Crippen LogP) is 4.92. The van der Waals surface area contributed by atoms with E-state index in [4.69, 9.17) is 26.6 Å². The largest absolute Gasteiger partial charge is 0.469 e. The molecule has 0 aliphatic heterocycles. The van der Waals surface area contributed by atoms with Crippen LogP contribution in [0.4, 0.5) is 4.79 Å². The molecular weight excluding hydrogens is 507 g/mol. The number of hydrogen-bond acceptors (Lipinski definition) is 8. The fourth-order valence-electron chi connectivity index (χ4n) is 2.69. The summed E-state index contributed by atoms with van der Waals surface area (Å²) < 4.78 is 30.1. The van der Waals surface area contributed by atoms with E-state index in [1.807, 2.05) is 6.79 Å². The minimum absolute atomic E-state index is 0.0744. The lowest BCUT2D eigenvalue weighted by molar-refractivity contribution is -0.138. The summed E-state index contributed by atoms with van der Waals surface area (Å²) in [5.74, 6) is -0.477.